The number of amides is 1. The number of ether oxygens (including phenoxy) is 2. The van der Waals surface area contributed by atoms with E-state index in [0.717, 1.165) is 22.1 Å². The number of ketones is 1. The predicted molar refractivity (Wildman–Crippen MR) is 142 cm³/mol. The standard InChI is InChI=1S/C31H27NO5/c1-3-37-26-14-8-20(9-15-26)19-32-28(22-12-16-25(36-2)17-13-22)27(30(34)31(32)35)29(33)24-11-10-21-6-4-5-7-23(21)18-24/h4-18,28,33H,3,19H2,1-2H3/b29-27-. The molecule has 0 saturated carbocycles. The highest BCUT2D eigenvalue weighted by molar-refractivity contribution is 6.46. The Kier molecular flexibility index (Phi) is 6.64. The first-order valence-electron chi connectivity index (χ1n) is 12.1. The van der Waals surface area contributed by atoms with Crippen LogP contribution >= 0.6 is 0 Å². The van der Waals surface area contributed by atoms with E-state index in [2.05, 4.69) is 0 Å². The van der Waals surface area contributed by atoms with Crippen LogP contribution in [0.2, 0.25) is 0 Å². The smallest absolute Gasteiger partial charge is 0.295 e. The van der Waals surface area contributed by atoms with Crippen molar-refractivity contribution in [2.24, 2.45) is 0 Å². The van der Waals surface area contributed by atoms with E-state index in [0.29, 0.717) is 23.5 Å². The zero-order valence-electron chi connectivity index (χ0n) is 20.7. The first-order chi connectivity index (χ1) is 18.0. The van der Waals surface area contributed by atoms with Crippen LogP contribution in [-0.4, -0.2) is 35.4 Å². The first kappa shape index (κ1) is 24.1. The summed E-state index contributed by atoms with van der Waals surface area (Å²) in [5.41, 5.74) is 2.09. The summed E-state index contributed by atoms with van der Waals surface area (Å²) in [5.74, 6) is -0.174. The van der Waals surface area contributed by atoms with E-state index in [1.54, 1.807) is 25.3 Å². The van der Waals surface area contributed by atoms with Crippen molar-refractivity contribution < 1.29 is 24.2 Å². The molecule has 0 aliphatic carbocycles. The van der Waals surface area contributed by atoms with E-state index < -0.39 is 17.7 Å². The van der Waals surface area contributed by atoms with Crippen LogP contribution in [0.4, 0.5) is 0 Å². The molecule has 1 N–H and O–H groups in total. The molecule has 1 atom stereocenters. The van der Waals surface area contributed by atoms with E-state index in [9.17, 15) is 14.7 Å². The number of rotatable bonds is 7. The van der Waals surface area contributed by atoms with Gasteiger partial charge < -0.3 is 19.5 Å². The molecule has 6 heteroatoms. The second kappa shape index (κ2) is 10.2. The van der Waals surface area contributed by atoms with Gasteiger partial charge in [-0.15, -0.1) is 0 Å². The Morgan fingerprint density at radius 3 is 2.22 bits per heavy atom. The van der Waals surface area contributed by atoms with Crippen molar-refractivity contribution in [2.45, 2.75) is 19.5 Å². The third kappa shape index (κ3) is 4.66. The Balaban J connectivity index is 1.60. The van der Waals surface area contributed by atoms with E-state index in [1.807, 2.05) is 79.7 Å². The van der Waals surface area contributed by atoms with Crippen LogP contribution in [-0.2, 0) is 16.1 Å². The molecule has 6 nitrogen and oxygen atoms in total. The second-order valence-electron chi connectivity index (χ2n) is 8.84. The number of benzene rings is 4. The molecular weight excluding hydrogens is 466 g/mol. The van der Waals surface area contributed by atoms with Crippen molar-refractivity contribution in [1.29, 1.82) is 0 Å². The van der Waals surface area contributed by atoms with Crippen molar-refractivity contribution in [1.82, 2.24) is 4.90 Å². The zero-order chi connectivity index (χ0) is 25.9. The fourth-order valence-electron chi connectivity index (χ4n) is 4.72. The number of Topliss-reactive ketones (excluding diaryl/α,β-unsaturated/α-hetero) is 1. The maximum absolute atomic E-state index is 13.4. The van der Waals surface area contributed by atoms with E-state index >= 15 is 0 Å². The quantitative estimate of drug-likeness (QED) is 0.198. The Hall–Kier alpha value is -4.58. The van der Waals surface area contributed by atoms with Crippen LogP contribution < -0.4 is 9.47 Å². The van der Waals surface area contributed by atoms with Crippen molar-refractivity contribution in [3.63, 3.8) is 0 Å². The van der Waals surface area contributed by atoms with Crippen molar-refractivity contribution >= 4 is 28.2 Å². The monoisotopic (exact) mass is 493 g/mol. The Morgan fingerprint density at radius 2 is 1.54 bits per heavy atom. The van der Waals surface area contributed by atoms with Crippen LogP contribution in [0.3, 0.4) is 0 Å². The van der Waals surface area contributed by atoms with Crippen LogP contribution in [0.15, 0.2) is 96.6 Å². The molecule has 1 fully saturated rings. The number of hydrogen-bond donors (Lipinski definition) is 1. The number of nitrogens with zero attached hydrogens (tertiary/aromatic N) is 1. The SMILES string of the molecule is CCOc1ccc(CN2C(=O)C(=O)/C(=C(\O)c3ccc4ccccc4c3)C2c2ccc(OC)cc2)cc1. The van der Waals surface area contributed by atoms with E-state index in [-0.39, 0.29) is 17.9 Å². The summed E-state index contributed by atoms with van der Waals surface area (Å²) >= 11 is 0. The van der Waals surface area contributed by atoms with Crippen LogP contribution in [0.25, 0.3) is 16.5 Å². The molecule has 0 radical (unpaired) electrons. The Morgan fingerprint density at radius 1 is 0.865 bits per heavy atom. The minimum Gasteiger partial charge on any atom is -0.507 e. The van der Waals surface area contributed by atoms with Gasteiger partial charge in [0.15, 0.2) is 0 Å². The lowest BCUT2D eigenvalue weighted by Gasteiger charge is -2.25. The predicted octanol–water partition coefficient (Wildman–Crippen LogP) is 5.87. The normalized spacial score (nSPS) is 16.8. The van der Waals surface area contributed by atoms with Crippen LogP contribution in [0, 0.1) is 0 Å². The Labute approximate surface area is 215 Å². The molecule has 0 aromatic heterocycles. The number of aliphatic hydroxyl groups excluding tert-OH is 1. The van der Waals surface area contributed by atoms with Crippen LogP contribution in [0.5, 0.6) is 11.5 Å². The van der Waals surface area contributed by atoms with Gasteiger partial charge in [0.25, 0.3) is 11.7 Å². The van der Waals surface area contributed by atoms with Crippen molar-refractivity contribution in [3.8, 4) is 11.5 Å². The topological polar surface area (TPSA) is 76.1 Å². The maximum atomic E-state index is 13.4. The molecule has 0 spiro atoms. The molecule has 0 bridgehead atoms. The summed E-state index contributed by atoms with van der Waals surface area (Å²) in [6.45, 7) is 2.67. The van der Waals surface area contributed by atoms with Crippen molar-refractivity contribution in [2.75, 3.05) is 13.7 Å². The summed E-state index contributed by atoms with van der Waals surface area (Å²) in [6, 6.07) is 27.1. The number of carbonyl (C=O) groups excluding carboxylic acids is 2. The molecule has 4 aromatic carbocycles. The molecule has 1 heterocycles. The summed E-state index contributed by atoms with van der Waals surface area (Å²) in [5, 5.41) is 13.4. The average molecular weight is 494 g/mol. The average Bonchev–Trinajstić information content (AvgIpc) is 3.18. The highest BCUT2D eigenvalue weighted by atomic mass is 16.5. The van der Waals surface area contributed by atoms with Gasteiger partial charge in [0.2, 0.25) is 0 Å². The molecule has 1 aliphatic heterocycles. The molecule has 1 saturated heterocycles. The fraction of sp³-hybridized carbons (Fsp3) is 0.161. The number of fused-ring (bicyclic) bond motifs is 1. The lowest BCUT2D eigenvalue weighted by molar-refractivity contribution is -0.140. The zero-order valence-corrected chi connectivity index (χ0v) is 20.7. The largest absolute Gasteiger partial charge is 0.507 e. The van der Waals surface area contributed by atoms with Crippen molar-refractivity contribution in [3.05, 3.63) is 113 Å². The lowest BCUT2D eigenvalue weighted by atomic mass is 9.94. The summed E-state index contributed by atoms with van der Waals surface area (Å²) < 4.78 is 10.8. The minimum atomic E-state index is -0.760. The highest BCUT2D eigenvalue weighted by Crippen LogP contribution is 2.41. The first-order valence-corrected chi connectivity index (χ1v) is 12.1. The molecule has 1 unspecified atom stereocenters. The van der Waals surface area contributed by atoms with Crippen LogP contribution in [0.1, 0.15) is 29.7 Å². The highest BCUT2D eigenvalue weighted by Gasteiger charge is 2.46. The van der Waals surface area contributed by atoms with E-state index in [1.165, 1.54) is 4.90 Å². The molecule has 5 rings (SSSR count). The number of aliphatic hydroxyl groups is 1. The molecular formula is C31H27NO5. The van der Waals surface area contributed by atoms with E-state index in [4.69, 9.17) is 9.47 Å². The fourth-order valence-corrected chi connectivity index (χ4v) is 4.72. The number of hydrogen-bond acceptors (Lipinski definition) is 5. The van der Waals surface area contributed by atoms with Gasteiger partial charge in [-0.3, -0.25) is 9.59 Å². The number of carbonyl (C=O) groups is 2. The lowest BCUT2D eigenvalue weighted by Crippen LogP contribution is -2.29. The summed E-state index contributed by atoms with van der Waals surface area (Å²) in [4.78, 5) is 28.2. The van der Waals surface area contributed by atoms with Gasteiger partial charge in [-0.05, 0) is 59.2 Å². The summed E-state index contributed by atoms with van der Waals surface area (Å²) in [7, 11) is 1.58. The maximum Gasteiger partial charge on any atom is 0.295 e. The van der Waals surface area contributed by atoms with Gasteiger partial charge in [0.1, 0.15) is 17.3 Å². The van der Waals surface area contributed by atoms with Gasteiger partial charge in [0.05, 0.1) is 25.3 Å². The molecule has 37 heavy (non-hydrogen) atoms. The molecule has 186 valence electrons. The van der Waals surface area contributed by atoms with Gasteiger partial charge in [0, 0.05) is 12.1 Å². The molecule has 4 aromatic rings. The molecule has 1 aliphatic rings. The third-order valence-corrected chi connectivity index (χ3v) is 6.58. The second-order valence-corrected chi connectivity index (χ2v) is 8.84. The third-order valence-electron chi connectivity index (χ3n) is 6.58. The van der Waals surface area contributed by atoms with Gasteiger partial charge in [-0.2, -0.15) is 0 Å². The van der Waals surface area contributed by atoms with Gasteiger partial charge in [-0.1, -0.05) is 60.7 Å². The number of methoxy groups -OCH3 is 1. The number of likely N-dealkylation sites (tertiary alicyclic amines) is 1. The van der Waals surface area contributed by atoms with Gasteiger partial charge >= 0.3 is 0 Å². The summed E-state index contributed by atoms with van der Waals surface area (Å²) in [6.07, 6.45) is 0. The Bertz CT molecular complexity index is 1490. The minimum absolute atomic E-state index is 0.0661. The van der Waals surface area contributed by atoms with Gasteiger partial charge in [-0.25, -0.2) is 0 Å². The molecule has 1 amide bonds.